The van der Waals surface area contributed by atoms with Crippen LogP contribution in [0.25, 0.3) is 0 Å². The summed E-state index contributed by atoms with van der Waals surface area (Å²) in [5.41, 5.74) is 5.35. The van der Waals surface area contributed by atoms with Gasteiger partial charge >= 0.3 is 5.97 Å². The fourth-order valence-corrected chi connectivity index (χ4v) is 1.86. The monoisotopic (exact) mass is 215 g/mol. The Balaban J connectivity index is 2.29. The number of carboxylic acids is 1. The number of carboxylic acid groups (broad SMARTS) is 1. The number of nitrogens with two attached hydrogens (primary N) is 1. The molecule has 14 heavy (non-hydrogen) atoms. The molecule has 0 amide bonds. The second kappa shape index (κ2) is 5.02. The number of aliphatic carboxylic acids is 1. The summed E-state index contributed by atoms with van der Waals surface area (Å²) in [4.78, 5) is 14.5. The minimum atomic E-state index is -0.961. The molecule has 0 aliphatic rings. The first-order valence-corrected chi connectivity index (χ1v) is 5.29. The second-order valence-corrected chi connectivity index (χ2v) is 3.94. The summed E-state index contributed by atoms with van der Waals surface area (Å²) in [7, 11) is 1.90. The van der Waals surface area contributed by atoms with Crippen LogP contribution >= 0.6 is 11.8 Å². The Hall–Kier alpha value is -1.01. The Morgan fingerprint density at radius 2 is 2.57 bits per heavy atom. The highest BCUT2D eigenvalue weighted by molar-refractivity contribution is 7.98. The summed E-state index contributed by atoms with van der Waals surface area (Å²) in [6.07, 6.45) is 3.57. The number of rotatable bonds is 5. The third kappa shape index (κ3) is 3.04. The van der Waals surface area contributed by atoms with Crippen LogP contribution < -0.4 is 5.73 Å². The number of thioether (sulfide) groups is 1. The molecule has 78 valence electrons. The van der Waals surface area contributed by atoms with E-state index >= 15 is 0 Å². The lowest BCUT2D eigenvalue weighted by Gasteiger charge is -2.05. The van der Waals surface area contributed by atoms with Crippen molar-refractivity contribution in [1.29, 1.82) is 0 Å². The van der Waals surface area contributed by atoms with Crippen LogP contribution in [0.3, 0.4) is 0 Å². The molecule has 1 heterocycles. The topological polar surface area (TPSA) is 81.1 Å². The van der Waals surface area contributed by atoms with Crippen molar-refractivity contribution in [2.75, 3.05) is 5.75 Å². The van der Waals surface area contributed by atoms with Crippen molar-refractivity contribution in [2.45, 2.75) is 11.8 Å². The van der Waals surface area contributed by atoms with Crippen molar-refractivity contribution in [3.8, 4) is 0 Å². The molecule has 0 unspecified atom stereocenters. The molecule has 3 N–H and O–H groups in total. The fourth-order valence-electron chi connectivity index (χ4n) is 0.884. The zero-order chi connectivity index (χ0) is 10.6. The van der Waals surface area contributed by atoms with E-state index in [4.69, 9.17) is 10.8 Å². The van der Waals surface area contributed by atoms with Crippen molar-refractivity contribution in [2.24, 2.45) is 12.8 Å². The van der Waals surface area contributed by atoms with E-state index in [9.17, 15) is 4.79 Å². The summed E-state index contributed by atoms with van der Waals surface area (Å²) < 4.78 is 1.90. The van der Waals surface area contributed by atoms with E-state index in [2.05, 4.69) is 4.98 Å². The number of nitrogens with zero attached hydrogens (tertiary/aromatic N) is 2. The third-order valence-electron chi connectivity index (χ3n) is 1.77. The second-order valence-electron chi connectivity index (χ2n) is 2.91. The lowest BCUT2D eigenvalue weighted by Crippen LogP contribution is -2.32. The number of hydrogen-bond donors (Lipinski definition) is 2. The Morgan fingerprint density at radius 3 is 3.07 bits per heavy atom. The van der Waals surface area contributed by atoms with Gasteiger partial charge in [-0.3, -0.25) is 4.79 Å². The molecule has 0 bridgehead atoms. The van der Waals surface area contributed by atoms with E-state index < -0.39 is 12.0 Å². The van der Waals surface area contributed by atoms with Gasteiger partial charge < -0.3 is 15.4 Å². The molecule has 6 heteroatoms. The maximum atomic E-state index is 10.4. The first kappa shape index (κ1) is 11.1. The maximum Gasteiger partial charge on any atom is 0.321 e. The molecule has 0 fully saturated rings. The molecular formula is C8H13N3O2S. The van der Waals surface area contributed by atoms with Crippen molar-refractivity contribution >= 4 is 17.7 Å². The van der Waals surface area contributed by atoms with Gasteiger partial charge in [0.05, 0.1) is 5.75 Å². The van der Waals surface area contributed by atoms with Crippen LogP contribution in [-0.4, -0.2) is 32.4 Å². The van der Waals surface area contributed by atoms with Crippen LogP contribution in [0.15, 0.2) is 12.4 Å². The molecule has 1 atom stereocenters. The van der Waals surface area contributed by atoms with Crippen molar-refractivity contribution < 1.29 is 9.90 Å². The first-order chi connectivity index (χ1) is 6.61. The summed E-state index contributed by atoms with van der Waals surface area (Å²) in [5.74, 6) is 1.05. The molecule has 1 aromatic heterocycles. The standard InChI is InChI=1S/C8H13N3O2S/c1-11-3-2-10-7(11)5-14-4-6(9)8(12)13/h2-3,6H,4-5,9H2,1H3,(H,12,13)/t6-/m1/s1. The molecule has 0 radical (unpaired) electrons. The van der Waals surface area contributed by atoms with Gasteiger partial charge in [0.1, 0.15) is 11.9 Å². The van der Waals surface area contributed by atoms with Crippen LogP contribution in [-0.2, 0) is 17.6 Å². The highest BCUT2D eigenvalue weighted by Crippen LogP contribution is 2.10. The lowest BCUT2D eigenvalue weighted by molar-refractivity contribution is -0.137. The summed E-state index contributed by atoms with van der Waals surface area (Å²) >= 11 is 1.47. The van der Waals surface area contributed by atoms with Crippen LogP contribution in [0, 0.1) is 0 Å². The largest absolute Gasteiger partial charge is 0.480 e. The zero-order valence-electron chi connectivity index (χ0n) is 7.88. The number of hydrogen-bond acceptors (Lipinski definition) is 4. The van der Waals surface area contributed by atoms with E-state index in [0.29, 0.717) is 11.5 Å². The van der Waals surface area contributed by atoms with Gasteiger partial charge in [-0.2, -0.15) is 11.8 Å². The molecule has 1 rings (SSSR count). The van der Waals surface area contributed by atoms with Crippen LogP contribution in [0.5, 0.6) is 0 Å². The number of aromatic nitrogens is 2. The normalized spacial score (nSPS) is 12.7. The minimum Gasteiger partial charge on any atom is -0.480 e. The van der Waals surface area contributed by atoms with Crippen molar-refractivity contribution in [3.05, 3.63) is 18.2 Å². The molecule has 0 saturated carbocycles. The fraction of sp³-hybridized carbons (Fsp3) is 0.500. The van der Waals surface area contributed by atoms with E-state index in [-0.39, 0.29) is 0 Å². The van der Waals surface area contributed by atoms with Gasteiger partial charge in [0.25, 0.3) is 0 Å². The Bertz CT molecular complexity index is 313. The molecule has 1 aromatic rings. The third-order valence-corrected chi connectivity index (χ3v) is 2.82. The molecule has 0 aliphatic heterocycles. The summed E-state index contributed by atoms with van der Waals surface area (Å²) in [6, 6.07) is -0.791. The van der Waals surface area contributed by atoms with Crippen molar-refractivity contribution in [3.63, 3.8) is 0 Å². The quantitative estimate of drug-likeness (QED) is 0.726. The SMILES string of the molecule is Cn1ccnc1CSC[C@@H](N)C(=O)O. The molecule has 5 nitrogen and oxygen atoms in total. The van der Waals surface area contributed by atoms with Gasteiger partial charge in [0, 0.05) is 25.2 Å². The number of carbonyl (C=O) groups is 1. The summed E-state index contributed by atoms with van der Waals surface area (Å²) in [5, 5.41) is 8.53. The lowest BCUT2D eigenvalue weighted by atomic mass is 10.4. The van der Waals surface area contributed by atoms with E-state index in [1.54, 1.807) is 6.20 Å². The first-order valence-electron chi connectivity index (χ1n) is 4.13. The molecule has 0 aromatic carbocycles. The molecule has 0 aliphatic carbocycles. The molecule has 0 spiro atoms. The Morgan fingerprint density at radius 1 is 1.86 bits per heavy atom. The van der Waals surface area contributed by atoms with Crippen LogP contribution in [0.2, 0.25) is 0 Å². The van der Waals surface area contributed by atoms with Gasteiger partial charge in [-0.25, -0.2) is 4.98 Å². The predicted octanol–water partition coefficient (Wildman–Crippen LogP) is 0.0652. The Kier molecular flexibility index (Phi) is 3.97. The highest BCUT2D eigenvalue weighted by atomic mass is 32.2. The highest BCUT2D eigenvalue weighted by Gasteiger charge is 2.11. The molecular weight excluding hydrogens is 202 g/mol. The van der Waals surface area contributed by atoms with E-state index in [0.717, 1.165) is 5.82 Å². The average Bonchev–Trinajstić information content (AvgIpc) is 2.51. The number of imidazole rings is 1. The average molecular weight is 215 g/mol. The van der Waals surface area contributed by atoms with Crippen LogP contribution in [0.4, 0.5) is 0 Å². The van der Waals surface area contributed by atoms with Crippen LogP contribution in [0.1, 0.15) is 5.82 Å². The minimum absolute atomic E-state index is 0.405. The Labute approximate surface area is 86.3 Å². The van der Waals surface area contributed by atoms with Gasteiger partial charge in [-0.15, -0.1) is 0 Å². The smallest absolute Gasteiger partial charge is 0.321 e. The van der Waals surface area contributed by atoms with Gasteiger partial charge in [0.2, 0.25) is 0 Å². The summed E-state index contributed by atoms with van der Waals surface area (Å²) in [6.45, 7) is 0. The van der Waals surface area contributed by atoms with Gasteiger partial charge in [-0.1, -0.05) is 0 Å². The maximum absolute atomic E-state index is 10.4. The van der Waals surface area contributed by atoms with Crippen molar-refractivity contribution in [1.82, 2.24) is 9.55 Å². The molecule has 0 saturated heterocycles. The van der Waals surface area contributed by atoms with E-state index in [1.165, 1.54) is 11.8 Å². The van der Waals surface area contributed by atoms with E-state index in [1.807, 2.05) is 17.8 Å². The van der Waals surface area contributed by atoms with Gasteiger partial charge in [0.15, 0.2) is 0 Å². The zero-order valence-corrected chi connectivity index (χ0v) is 8.70. The number of aryl methyl sites for hydroxylation is 1. The van der Waals surface area contributed by atoms with Gasteiger partial charge in [-0.05, 0) is 0 Å². The predicted molar refractivity (Wildman–Crippen MR) is 55.0 cm³/mol.